The minimum absolute atomic E-state index is 0.00718. The third-order valence-corrected chi connectivity index (χ3v) is 3.42. The summed E-state index contributed by atoms with van der Waals surface area (Å²) >= 11 is 11.7. The monoisotopic (exact) mass is 272 g/mol. The molecule has 0 aliphatic carbocycles. The van der Waals surface area contributed by atoms with Crippen molar-refractivity contribution in [2.45, 2.75) is 6.92 Å². The molecule has 0 aromatic heterocycles. The molecule has 1 fully saturated rings. The lowest BCUT2D eigenvalue weighted by Gasteiger charge is -2.14. The van der Waals surface area contributed by atoms with Gasteiger partial charge in [-0.2, -0.15) is 0 Å². The van der Waals surface area contributed by atoms with E-state index in [-0.39, 0.29) is 11.8 Å². The fourth-order valence-electron chi connectivity index (χ4n) is 2.02. The molecule has 2 rings (SSSR count). The van der Waals surface area contributed by atoms with Crippen LogP contribution >= 0.6 is 23.2 Å². The van der Waals surface area contributed by atoms with E-state index in [1.54, 1.807) is 18.2 Å². The highest BCUT2D eigenvalue weighted by Gasteiger charge is 2.29. The molecule has 1 aliphatic rings. The summed E-state index contributed by atoms with van der Waals surface area (Å²) in [6.07, 6.45) is 0. The summed E-state index contributed by atoms with van der Waals surface area (Å²) in [5.74, 6) is 0.373. The molecule has 3 nitrogen and oxygen atoms in total. The van der Waals surface area contributed by atoms with Gasteiger partial charge in [-0.1, -0.05) is 30.1 Å². The molecule has 1 amide bonds. The second kappa shape index (κ2) is 5.25. The van der Waals surface area contributed by atoms with Crippen molar-refractivity contribution in [3.8, 4) is 0 Å². The molecule has 1 saturated heterocycles. The third-order valence-electron chi connectivity index (χ3n) is 2.98. The van der Waals surface area contributed by atoms with Gasteiger partial charge in [-0.3, -0.25) is 4.79 Å². The van der Waals surface area contributed by atoms with Crippen molar-refractivity contribution in [3.63, 3.8) is 0 Å². The Hall–Kier alpha value is -0.770. The number of carbonyl (C=O) groups is 1. The van der Waals surface area contributed by atoms with Gasteiger partial charge in [0.1, 0.15) is 0 Å². The number of halogens is 2. The van der Waals surface area contributed by atoms with Crippen molar-refractivity contribution in [2.24, 2.45) is 11.8 Å². The Bertz CT molecular complexity index is 416. The summed E-state index contributed by atoms with van der Waals surface area (Å²) in [5.41, 5.74) is 0.645. The maximum Gasteiger partial charge on any atom is 0.229 e. The van der Waals surface area contributed by atoms with Gasteiger partial charge in [0.05, 0.1) is 5.92 Å². The van der Waals surface area contributed by atoms with Gasteiger partial charge in [0.2, 0.25) is 5.91 Å². The van der Waals surface area contributed by atoms with E-state index < -0.39 is 0 Å². The summed E-state index contributed by atoms with van der Waals surface area (Å²) in [6, 6.07) is 5.02. The quantitative estimate of drug-likeness (QED) is 0.870. The zero-order chi connectivity index (χ0) is 12.4. The highest BCUT2D eigenvalue weighted by molar-refractivity contribution is 6.35. The number of hydrogen-bond acceptors (Lipinski definition) is 2. The van der Waals surface area contributed by atoms with Gasteiger partial charge in [0, 0.05) is 22.3 Å². The zero-order valence-electron chi connectivity index (χ0n) is 9.47. The van der Waals surface area contributed by atoms with Crippen LogP contribution in [0.5, 0.6) is 0 Å². The highest BCUT2D eigenvalue weighted by Crippen LogP contribution is 2.24. The van der Waals surface area contributed by atoms with Gasteiger partial charge in [0.25, 0.3) is 0 Å². The Kier molecular flexibility index (Phi) is 3.92. The van der Waals surface area contributed by atoms with Gasteiger partial charge in [0.15, 0.2) is 0 Å². The molecule has 1 heterocycles. The maximum atomic E-state index is 12.0. The van der Waals surface area contributed by atoms with Crippen LogP contribution in [0.3, 0.4) is 0 Å². The summed E-state index contributed by atoms with van der Waals surface area (Å²) in [7, 11) is 0. The molecular formula is C12H14Cl2N2O. The standard InChI is InChI=1S/C12H14Cl2N2O/c1-7-5-15-6-11(7)12(17)16-10-3-8(13)2-9(14)4-10/h2-4,7,11,15H,5-6H2,1H3,(H,16,17)/t7-,11-/m1/s1. The van der Waals surface area contributed by atoms with Crippen LogP contribution < -0.4 is 10.6 Å². The average molecular weight is 273 g/mol. The molecule has 1 aromatic rings. The molecular weight excluding hydrogens is 259 g/mol. The molecule has 0 radical (unpaired) electrons. The summed E-state index contributed by atoms with van der Waals surface area (Å²) in [6.45, 7) is 3.67. The SMILES string of the molecule is C[C@@H]1CNC[C@H]1C(=O)Nc1cc(Cl)cc(Cl)c1. The van der Waals surface area contributed by atoms with E-state index in [0.717, 1.165) is 13.1 Å². The van der Waals surface area contributed by atoms with Crippen molar-refractivity contribution in [1.29, 1.82) is 0 Å². The van der Waals surface area contributed by atoms with Crippen molar-refractivity contribution in [3.05, 3.63) is 28.2 Å². The van der Waals surface area contributed by atoms with E-state index in [0.29, 0.717) is 21.7 Å². The zero-order valence-corrected chi connectivity index (χ0v) is 11.0. The van der Waals surface area contributed by atoms with Gasteiger partial charge < -0.3 is 10.6 Å². The summed E-state index contributed by atoms with van der Waals surface area (Å²) < 4.78 is 0. The van der Waals surface area contributed by atoms with E-state index in [1.807, 2.05) is 0 Å². The largest absolute Gasteiger partial charge is 0.326 e. The van der Waals surface area contributed by atoms with Crippen molar-refractivity contribution >= 4 is 34.8 Å². The molecule has 1 aliphatic heterocycles. The normalized spacial score (nSPS) is 23.7. The van der Waals surface area contributed by atoms with Crippen LogP contribution in [0.25, 0.3) is 0 Å². The molecule has 2 N–H and O–H groups in total. The molecule has 0 spiro atoms. The lowest BCUT2D eigenvalue weighted by Crippen LogP contribution is -2.27. The average Bonchev–Trinajstić information content (AvgIpc) is 2.62. The van der Waals surface area contributed by atoms with Crippen molar-refractivity contribution < 1.29 is 4.79 Å². The molecule has 5 heteroatoms. The first-order chi connectivity index (χ1) is 8.06. The van der Waals surface area contributed by atoms with Gasteiger partial charge in [-0.05, 0) is 30.7 Å². The smallest absolute Gasteiger partial charge is 0.229 e. The van der Waals surface area contributed by atoms with E-state index >= 15 is 0 Å². The van der Waals surface area contributed by atoms with Crippen LogP contribution in [0.4, 0.5) is 5.69 Å². The van der Waals surface area contributed by atoms with E-state index in [2.05, 4.69) is 17.6 Å². The number of anilines is 1. The number of nitrogens with one attached hydrogen (secondary N) is 2. The highest BCUT2D eigenvalue weighted by atomic mass is 35.5. The van der Waals surface area contributed by atoms with Crippen LogP contribution in [0.2, 0.25) is 10.0 Å². The first-order valence-electron chi connectivity index (χ1n) is 5.54. The Morgan fingerprint density at radius 1 is 1.29 bits per heavy atom. The maximum absolute atomic E-state index is 12.0. The predicted molar refractivity (Wildman–Crippen MR) is 70.6 cm³/mol. The Balaban J connectivity index is 2.07. The second-order valence-electron chi connectivity index (χ2n) is 4.39. The predicted octanol–water partition coefficient (Wildman–Crippen LogP) is 2.79. The number of benzene rings is 1. The minimum Gasteiger partial charge on any atom is -0.326 e. The van der Waals surface area contributed by atoms with E-state index in [4.69, 9.17) is 23.2 Å². The molecule has 1 aromatic carbocycles. The summed E-state index contributed by atoms with van der Waals surface area (Å²) in [5, 5.41) is 7.08. The van der Waals surface area contributed by atoms with Crippen molar-refractivity contribution in [2.75, 3.05) is 18.4 Å². The van der Waals surface area contributed by atoms with E-state index in [1.165, 1.54) is 0 Å². The second-order valence-corrected chi connectivity index (χ2v) is 5.26. The van der Waals surface area contributed by atoms with Crippen LogP contribution in [0, 0.1) is 11.8 Å². The van der Waals surface area contributed by atoms with Crippen LogP contribution in [0.15, 0.2) is 18.2 Å². The first-order valence-corrected chi connectivity index (χ1v) is 6.29. The summed E-state index contributed by atoms with van der Waals surface area (Å²) in [4.78, 5) is 12.0. The Labute approximate surface area is 110 Å². The number of hydrogen-bond donors (Lipinski definition) is 2. The van der Waals surface area contributed by atoms with Gasteiger partial charge in [-0.25, -0.2) is 0 Å². The fourth-order valence-corrected chi connectivity index (χ4v) is 2.55. The van der Waals surface area contributed by atoms with Gasteiger partial charge >= 0.3 is 0 Å². The van der Waals surface area contributed by atoms with Gasteiger partial charge in [-0.15, -0.1) is 0 Å². The lowest BCUT2D eigenvalue weighted by atomic mass is 9.97. The Morgan fingerprint density at radius 3 is 2.47 bits per heavy atom. The molecule has 0 bridgehead atoms. The fraction of sp³-hybridized carbons (Fsp3) is 0.417. The molecule has 17 heavy (non-hydrogen) atoms. The number of carbonyl (C=O) groups excluding carboxylic acids is 1. The van der Waals surface area contributed by atoms with E-state index in [9.17, 15) is 4.79 Å². The lowest BCUT2D eigenvalue weighted by molar-refractivity contribution is -0.120. The van der Waals surface area contributed by atoms with Crippen LogP contribution in [-0.2, 0) is 4.79 Å². The third kappa shape index (κ3) is 3.12. The number of rotatable bonds is 2. The topological polar surface area (TPSA) is 41.1 Å². The minimum atomic E-state index is 0.00718. The molecule has 0 saturated carbocycles. The van der Waals surface area contributed by atoms with Crippen molar-refractivity contribution in [1.82, 2.24) is 5.32 Å². The molecule has 0 unspecified atom stereocenters. The molecule has 92 valence electrons. The number of amides is 1. The Morgan fingerprint density at radius 2 is 1.94 bits per heavy atom. The first kappa shape index (κ1) is 12.7. The van der Waals surface area contributed by atoms with Crippen LogP contribution in [0.1, 0.15) is 6.92 Å². The van der Waals surface area contributed by atoms with Crippen LogP contribution in [-0.4, -0.2) is 19.0 Å². The molecule has 2 atom stereocenters.